The Hall–Kier alpha value is -0.960. The topological polar surface area (TPSA) is 37.8 Å². The highest BCUT2D eigenvalue weighted by atomic mass is 14.9. The molecule has 19 heavy (non-hydrogen) atoms. The van der Waals surface area contributed by atoms with Crippen molar-refractivity contribution in [1.29, 1.82) is 0 Å². The van der Waals surface area contributed by atoms with Gasteiger partial charge < -0.3 is 5.32 Å². The quantitative estimate of drug-likeness (QED) is 0.885. The van der Waals surface area contributed by atoms with Crippen molar-refractivity contribution in [2.75, 3.05) is 6.54 Å². The van der Waals surface area contributed by atoms with E-state index in [1.165, 1.54) is 12.0 Å². The monoisotopic (exact) mass is 261 g/mol. The van der Waals surface area contributed by atoms with E-state index in [-0.39, 0.29) is 0 Å². The van der Waals surface area contributed by atoms with Gasteiger partial charge in [-0.1, -0.05) is 27.7 Å². The van der Waals surface area contributed by atoms with Crippen LogP contribution in [0.1, 0.15) is 62.8 Å². The second-order valence-corrected chi connectivity index (χ2v) is 6.84. The van der Waals surface area contributed by atoms with Crippen LogP contribution in [0.2, 0.25) is 0 Å². The molecule has 3 nitrogen and oxygen atoms in total. The zero-order valence-electron chi connectivity index (χ0n) is 13.2. The Kier molecular flexibility index (Phi) is 3.95. The molecule has 1 unspecified atom stereocenters. The molecular weight excluding hydrogens is 234 g/mol. The van der Waals surface area contributed by atoms with Gasteiger partial charge in [-0.25, -0.2) is 9.97 Å². The fraction of sp³-hybridized carbons (Fsp3) is 0.750. The molecule has 0 radical (unpaired) electrons. The van der Waals surface area contributed by atoms with E-state index in [9.17, 15) is 0 Å². The Balaban J connectivity index is 2.09. The minimum absolute atomic E-state index is 0.402. The molecule has 1 atom stereocenters. The highest BCUT2D eigenvalue weighted by molar-refractivity contribution is 5.28. The lowest BCUT2D eigenvalue weighted by atomic mass is 10.1. The minimum Gasteiger partial charge on any atom is -0.314 e. The molecule has 1 saturated carbocycles. The second-order valence-electron chi connectivity index (χ2n) is 6.84. The summed E-state index contributed by atoms with van der Waals surface area (Å²) in [5.41, 5.74) is 4.04. The molecule has 1 heterocycles. The van der Waals surface area contributed by atoms with Gasteiger partial charge in [-0.15, -0.1) is 0 Å². The van der Waals surface area contributed by atoms with Crippen LogP contribution in [0.4, 0.5) is 0 Å². The van der Waals surface area contributed by atoms with Gasteiger partial charge in [0, 0.05) is 23.3 Å². The maximum Gasteiger partial charge on any atom is 0.132 e. The molecule has 0 bridgehead atoms. The fourth-order valence-electron chi connectivity index (χ4n) is 2.68. The van der Waals surface area contributed by atoms with Crippen molar-refractivity contribution < 1.29 is 0 Å². The Morgan fingerprint density at radius 3 is 2.16 bits per heavy atom. The van der Waals surface area contributed by atoms with E-state index in [1.807, 2.05) is 0 Å². The Morgan fingerprint density at radius 2 is 1.74 bits per heavy atom. The largest absolute Gasteiger partial charge is 0.314 e. The van der Waals surface area contributed by atoms with Crippen molar-refractivity contribution in [2.45, 2.75) is 66.3 Å². The standard InChI is InChI=1S/C16H27N3/c1-10(2)17-8-7-13-11(3)18-15(19-12(13)4)14-9-16(14,5)6/h10,14,17H,7-9H2,1-6H3. The van der Waals surface area contributed by atoms with Gasteiger partial charge in [0.2, 0.25) is 0 Å². The molecule has 0 spiro atoms. The normalized spacial score (nSPS) is 20.9. The van der Waals surface area contributed by atoms with Crippen LogP contribution in [0.15, 0.2) is 0 Å². The number of rotatable bonds is 5. The van der Waals surface area contributed by atoms with Gasteiger partial charge in [-0.3, -0.25) is 0 Å². The van der Waals surface area contributed by atoms with Crippen LogP contribution in [0.5, 0.6) is 0 Å². The van der Waals surface area contributed by atoms with Crippen LogP contribution in [0, 0.1) is 19.3 Å². The third-order valence-electron chi connectivity index (χ3n) is 4.19. The predicted octanol–water partition coefficient (Wildman–Crippen LogP) is 3.15. The van der Waals surface area contributed by atoms with E-state index in [0.717, 1.165) is 30.2 Å². The van der Waals surface area contributed by atoms with Crippen LogP contribution in [0.25, 0.3) is 0 Å². The number of hydrogen-bond donors (Lipinski definition) is 1. The number of hydrogen-bond acceptors (Lipinski definition) is 3. The summed E-state index contributed by atoms with van der Waals surface area (Å²) in [6.45, 7) is 14.2. The van der Waals surface area contributed by atoms with E-state index in [2.05, 4.69) is 46.9 Å². The van der Waals surface area contributed by atoms with E-state index in [4.69, 9.17) is 9.97 Å². The van der Waals surface area contributed by atoms with E-state index in [1.54, 1.807) is 0 Å². The van der Waals surface area contributed by atoms with Crippen molar-refractivity contribution in [3.8, 4) is 0 Å². The van der Waals surface area contributed by atoms with Crippen LogP contribution in [0.3, 0.4) is 0 Å². The maximum absolute atomic E-state index is 4.75. The summed E-state index contributed by atoms with van der Waals surface area (Å²) in [5, 5.41) is 3.46. The van der Waals surface area contributed by atoms with Crippen LogP contribution < -0.4 is 5.32 Å². The van der Waals surface area contributed by atoms with Gasteiger partial charge in [0.05, 0.1) is 0 Å². The van der Waals surface area contributed by atoms with Gasteiger partial charge >= 0.3 is 0 Å². The summed E-state index contributed by atoms with van der Waals surface area (Å²) in [6, 6.07) is 0.535. The molecule has 1 N–H and O–H groups in total. The molecule has 1 aliphatic rings. The first-order valence-electron chi connectivity index (χ1n) is 7.38. The molecule has 1 aliphatic carbocycles. The first kappa shape index (κ1) is 14.4. The molecule has 2 rings (SSSR count). The first-order chi connectivity index (χ1) is 8.81. The Bertz CT molecular complexity index is 440. The highest BCUT2D eigenvalue weighted by Crippen LogP contribution is 2.57. The third-order valence-corrected chi connectivity index (χ3v) is 4.19. The van der Waals surface area contributed by atoms with Gasteiger partial charge in [0.1, 0.15) is 5.82 Å². The zero-order chi connectivity index (χ0) is 14.2. The van der Waals surface area contributed by atoms with Gasteiger partial charge in [-0.2, -0.15) is 0 Å². The fourth-order valence-corrected chi connectivity index (χ4v) is 2.68. The lowest BCUT2D eigenvalue weighted by Crippen LogP contribution is -2.25. The van der Waals surface area contributed by atoms with Gasteiger partial charge in [0.25, 0.3) is 0 Å². The van der Waals surface area contributed by atoms with Crippen molar-refractivity contribution in [3.63, 3.8) is 0 Å². The van der Waals surface area contributed by atoms with Crippen molar-refractivity contribution in [2.24, 2.45) is 5.41 Å². The lowest BCUT2D eigenvalue weighted by Gasteiger charge is -2.13. The Labute approximate surface area is 117 Å². The van der Waals surface area contributed by atoms with Gasteiger partial charge in [-0.05, 0) is 44.2 Å². The number of nitrogens with one attached hydrogen (secondary N) is 1. The predicted molar refractivity (Wildman–Crippen MR) is 79.5 cm³/mol. The highest BCUT2D eigenvalue weighted by Gasteiger charge is 2.48. The number of aromatic nitrogens is 2. The summed E-state index contributed by atoms with van der Waals surface area (Å²) in [4.78, 5) is 9.50. The van der Waals surface area contributed by atoms with Crippen molar-refractivity contribution >= 4 is 0 Å². The molecule has 1 aromatic heterocycles. The van der Waals surface area contributed by atoms with Crippen LogP contribution in [-0.2, 0) is 6.42 Å². The van der Waals surface area contributed by atoms with Crippen molar-refractivity contribution in [1.82, 2.24) is 15.3 Å². The average molecular weight is 261 g/mol. The summed E-state index contributed by atoms with van der Waals surface area (Å²) < 4.78 is 0. The van der Waals surface area contributed by atoms with Crippen LogP contribution in [-0.4, -0.2) is 22.6 Å². The van der Waals surface area contributed by atoms with Crippen molar-refractivity contribution in [3.05, 3.63) is 22.8 Å². The zero-order valence-corrected chi connectivity index (χ0v) is 13.2. The Morgan fingerprint density at radius 1 is 1.21 bits per heavy atom. The van der Waals surface area contributed by atoms with E-state index in [0.29, 0.717) is 17.4 Å². The summed E-state index contributed by atoms with van der Waals surface area (Å²) in [5.74, 6) is 1.62. The maximum atomic E-state index is 4.75. The molecule has 106 valence electrons. The molecule has 0 aromatic carbocycles. The molecule has 0 amide bonds. The van der Waals surface area contributed by atoms with E-state index >= 15 is 0 Å². The smallest absolute Gasteiger partial charge is 0.132 e. The van der Waals surface area contributed by atoms with Gasteiger partial charge in [0.15, 0.2) is 0 Å². The SMILES string of the molecule is Cc1nc(C2CC2(C)C)nc(C)c1CCNC(C)C. The summed E-state index contributed by atoms with van der Waals surface area (Å²) in [7, 11) is 0. The molecule has 1 fully saturated rings. The summed E-state index contributed by atoms with van der Waals surface area (Å²) in [6.07, 6.45) is 2.24. The number of aryl methyl sites for hydroxylation is 2. The number of nitrogens with zero attached hydrogens (tertiary/aromatic N) is 2. The second kappa shape index (κ2) is 5.20. The van der Waals surface area contributed by atoms with E-state index < -0.39 is 0 Å². The minimum atomic E-state index is 0.402. The molecule has 0 aliphatic heterocycles. The summed E-state index contributed by atoms with van der Waals surface area (Å²) >= 11 is 0. The van der Waals surface area contributed by atoms with Crippen LogP contribution >= 0.6 is 0 Å². The first-order valence-corrected chi connectivity index (χ1v) is 7.38. The molecule has 0 saturated heterocycles. The lowest BCUT2D eigenvalue weighted by molar-refractivity contribution is 0.584. The average Bonchev–Trinajstić information content (AvgIpc) is 2.91. The molecular formula is C16H27N3. The molecule has 3 heteroatoms. The third kappa shape index (κ3) is 3.33. The molecule has 1 aromatic rings.